The predicted molar refractivity (Wildman–Crippen MR) is 92.0 cm³/mol. The third-order valence-electron chi connectivity index (χ3n) is 4.30. The van der Waals surface area contributed by atoms with Gasteiger partial charge >= 0.3 is 0 Å². The molecule has 4 rings (SSSR count). The van der Waals surface area contributed by atoms with Crippen LogP contribution in [0.2, 0.25) is 0 Å². The predicted octanol–water partition coefficient (Wildman–Crippen LogP) is 2.62. The SMILES string of the molecule is Cc1ccccc1CNC(=O)CCc1nn2c(C3CC3)nnc2s1. The van der Waals surface area contributed by atoms with E-state index in [0.717, 1.165) is 21.4 Å². The maximum Gasteiger partial charge on any atom is 0.234 e. The Hall–Kier alpha value is -2.28. The van der Waals surface area contributed by atoms with Crippen molar-refractivity contribution in [2.75, 3.05) is 0 Å². The molecule has 0 radical (unpaired) electrons. The summed E-state index contributed by atoms with van der Waals surface area (Å²) in [7, 11) is 0. The zero-order valence-corrected chi connectivity index (χ0v) is 14.3. The summed E-state index contributed by atoms with van der Waals surface area (Å²) >= 11 is 1.52. The molecule has 2 aromatic heterocycles. The highest BCUT2D eigenvalue weighted by Gasteiger charge is 2.30. The number of aromatic nitrogens is 4. The fourth-order valence-electron chi connectivity index (χ4n) is 2.68. The molecule has 3 aromatic rings. The molecular formula is C17H19N5OS. The summed E-state index contributed by atoms with van der Waals surface area (Å²) in [6, 6.07) is 8.09. The molecule has 1 aliphatic rings. The molecule has 1 saturated carbocycles. The van der Waals surface area contributed by atoms with Gasteiger partial charge in [0.1, 0.15) is 5.01 Å². The highest BCUT2D eigenvalue weighted by atomic mass is 32.1. The van der Waals surface area contributed by atoms with Gasteiger partial charge in [-0.1, -0.05) is 35.6 Å². The van der Waals surface area contributed by atoms with Crippen LogP contribution in [0.1, 0.15) is 47.1 Å². The van der Waals surface area contributed by atoms with E-state index in [2.05, 4.69) is 33.6 Å². The molecule has 124 valence electrons. The Morgan fingerprint density at radius 1 is 1.33 bits per heavy atom. The minimum atomic E-state index is 0.0478. The number of hydrogen-bond acceptors (Lipinski definition) is 5. The van der Waals surface area contributed by atoms with E-state index in [1.807, 2.05) is 22.7 Å². The van der Waals surface area contributed by atoms with E-state index < -0.39 is 0 Å². The number of carbonyl (C=O) groups excluding carboxylic acids is 1. The Morgan fingerprint density at radius 3 is 2.96 bits per heavy atom. The van der Waals surface area contributed by atoms with Crippen molar-refractivity contribution in [3.05, 3.63) is 46.2 Å². The lowest BCUT2D eigenvalue weighted by molar-refractivity contribution is -0.121. The molecule has 0 spiro atoms. The van der Waals surface area contributed by atoms with Crippen molar-refractivity contribution in [3.8, 4) is 0 Å². The highest BCUT2D eigenvalue weighted by Crippen LogP contribution is 2.39. The summed E-state index contributed by atoms with van der Waals surface area (Å²) < 4.78 is 1.85. The zero-order chi connectivity index (χ0) is 16.5. The molecule has 1 aromatic carbocycles. The van der Waals surface area contributed by atoms with Gasteiger partial charge in [-0.3, -0.25) is 4.79 Å². The lowest BCUT2D eigenvalue weighted by Gasteiger charge is -2.07. The third-order valence-corrected chi connectivity index (χ3v) is 5.26. The Balaban J connectivity index is 1.33. The standard InChI is InChI=1S/C17H19N5OS/c1-11-4-2-3-5-13(11)10-18-14(23)8-9-15-21-22-16(12-6-7-12)19-20-17(22)24-15/h2-5,12H,6-10H2,1H3,(H,18,23). The topological polar surface area (TPSA) is 72.2 Å². The van der Waals surface area contributed by atoms with Crippen LogP contribution in [0, 0.1) is 6.92 Å². The number of rotatable bonds is 6. The van der Waals surface area contributed by atoms with Gasteiger partial charge in [0.25, 0.3) is 0 Å². The number of nitrogens with zero attached hydrogens (tertiary/aromatic N) is 4. The summed E-state index contributed by atoms with van der Waals surface area (Å²) in [5, 5.41) is 16.9. The molecule has 0 bridgehead atoms. The van der Waals surface area contributed by atoms with Crippen molar-refractivity contribution >= 4 is 22.2 Å². The number of fused-ring (bicyclic) bond motifs is 1. The Labute approximate surface area is 143 Å². The quantitative estimate of drug-likeness (QED) is 0.748. The number of nitrogens with one attached hydrogen (secondary N) is 1. The van der Waals surface area contributed by atoms with Crippen molar-refractivity contribution in [2.24, 2.45) is 0 Å². The number of benzene rings is 1. The highest BCUT2D eigenvalue weighted by molar-refractivity contribution is 7.16. The molecule has 7 heteroatoms. The van der Waals surface area contributed by atoms with Gasteiger partial charge < -0.3 is 5.32 Å². The fourth-order valence-corrected chi connectivity index (χ4v) is 3.52. The van der Waals surface area contributed by atoms with Crippen LogP contribution in [-0.2, 0) is 17.8 Å². The van der Waals surface area contributed by atoms with Crippen LogP contribution in [0.15, 0.2) is 24.3 Å². The number of carbonyl (C=O) groups is 1. The summed E-state index contributed by atoms with van der Waals surface area (Å²) in [5.41, 5.74) is 2.35. The van der Waals surface area contributed by atoms with E-state index in [-0.39, 0.29) is 5.91 Å². The van der Waals surface area contributed by atoms with Gasteiger partial charge in [0.15, 0.2) is 5.82 Å². The monoisotopic (exact) mass is 341 g/mol. The minimum absolute atomic E-state index is 0.0478. The lowest BCUT2D eigenvalue weighted by Crippen LogP contribution is -2.23. The van der Waals surface area contributed by atoms with E-state index in [0.29, 0.717) is 25.3 Å². The molecule has 0 unspecified atom stereocenters. The van der Waals surface area contributed by atoms with Crippen LogP contribution in [0.5, 0.6) is 0 Å². The lowest BCUT2D eigenvalue weighted by atomic mass is 10.1. The largest absolute Gasteiger partial charge is 0.352 e. The average molecular weight is 341 g/mol. The molecule has 1 fully saturated rings. The van der Waals surface area contributed by atoms with Crippen molar-refractivity contribution in [1.82, 2.24) is 25.1 Å². The number of amides is 1. The van der Waals surface area contributed by atoms with E-state index in [1.165, 1.54) is 29.7 Å². The van der Waals surface area contributed by atoms with E-state index >= 15 is 0 Å². The van der Waals surface area contributed by atoms with Gasteiger partial charge in [0.05, 0.1) is 0 Å². The maximum atomic E-state index is 12.1. The number of hydrogen-bond donors (Lipinski definition) is 1. The van der Waals surface area contributed by atoms with Crippen LogP contribution >= 0.6 is 11.3 Å². The average Bonchev–Trinajstić information content (AvgIpc) is 3.22. The third kappa shape index (κ3) is 3.17. The van der Waals surface area contributed by atoms with Crippen LogP contribution < -0.4 is 5.32 Å². The van der Waals surface area contributed by atoms with Gasteiger partial charge in [-0.05, 0) is 30.9 Å². The van der Waals surface area contributed by atoms with Gasteiger partial charge in [-0.2, -0.15) is 9.61 Å². The smallest absolute Gasteiger partial charge is 0.234 e. The van der Waals surface area contributed by atoms with Crippen molar-refractivity contribution in [1.29, 1.82) is 0 Å². The Kier molecular flexibility index (Phi) is 4.02. The molecule has 2 heterocycles. The minimum Gasteiger partial charge on any atom is -0.352 e. The van der Waals surface area contributed by atoms with Crippen LogP contribution in [-0.4, -0.2) is 25.7 Å². The Morgan fingerprint density at radius 2 is 2.17 bits per heavy atom. The molecule has 1 N–H and O–H groups in total. The Bertz CT molecular complexity index is 880. The second-order valence-electron chi connectivity index (χ2n) is 6.23. The van der Waals surface area contributed by atoms with Crippen LogP contribution in [0.4, 0.5) is 0 Å². The first-order valence-electron chi connectivity index (χ1n) is 8.23. The van der Waals surface area contributed by atoms with Crippen molar-refractivity contribution in [3.63, 3.8) is 0 Å². The number of aryl methyl sites for hydroxylation is 2. The maximum absolute atomic E-state index is 12.1. The van der Waals surface area contributed by atoms with Gasteiger partial charge in [0.2, 0.25) is 10.9 Å². The van der Waals surface area contributed by atoms with E-state index in [4.69, 9.17) is 0 Å². The molecule has 1 aliphatic carbocycles. The molecule has 24 heavy (non-hydrogen) atoms. The normalized spacial score (nSPS) is 14.2. The van der Waals surface area contributed by atoms with Crippen LogP contribution in [0.3, 0.4) is 0 Å². The molecule has 6 nitrogen and oxygen atoms in total. The van der Waals surface area contributed by atoms with Gasteiger partial charge in [0, 0.05) is 25.3 Å². The molecule has 0 atom stereocenters. The van der Waals surface area contributed by atoms with Crippen LogP contribution in [0.25, 0.3) is 4.96 Å². The summed E-state index contributed by atoms with van der Waals surface area (Å²) in [5.74, 6) is 1.54. The second-order valence-corrected chi connectivity index (χ2v) is 7.27. The summed E-state index contributed by atoms with van der Waals surface area (Å²) in [6.07, 6.45) is 3.43. The first-order chi connectivity index (χ1) is 11.7. The summed E-state index contributed by atoms with van der Waals surface area (Å²) in [4.78, 5) is 12.9. The first-order valence-corrected chi connectivity index (χ1v) is 9.04. The second kappa shape index (κ2) is 6.32. The molecule has 0 aliphatic heterocycles. The van der Waals surface area contributed by atoms with E-state index in [1.54, 1.807) is 0 Å². The van der Waals surface area contributed by atoms with Crippen molar-refractivity contribution in [2.45, 2.75) is 45.1 Å². The van der Waals surface area contributed by atoms with E-state index in [9.17, 15) is 4.79 Å². The molecular weight excluding hydrogens is 322 g/mol. The molecule has 0 saturated heterocycles. The zero-order valence-electron chi connectivity index (χ0n) is 13.5. The molecule has 1 amide bonds. The van der Waals surface area contributed by atoms with Gasteiger partial charge in [-0.15, -0.1) is 10.2 Å². The fraction of sp³-hybridized carbons (Fsp3) is 0.412. The first kappa shape index (κ1) is 15.3. The summed E-state index contributed by atoms with van der Waals surface area (Å²) in [6.45, 7) is 2.63. The van der Waals surface area contributed by atoms with Gasteiger partial charge in [-0.25, -0.2) is 0 Å². The van der Waals surface area contributed by atoms with Crippen molar-refractivity contribution < 1.29 is 4.79 Å².